The summed E-state index contributed by atoms with van der Waals surface area (Å²) in [6, 6.07) is 5.49. The third-order valence-electron chi connectivity index (χ3n) is 2.92. The van der Waals surface area contributed by atoms with Crippen LogP contribution in [0.25, 0.3) is 0 Å². The molecule has 0 heterocycles. The first kappa shape index (κ1) is 17.5. The average Bonchev–Trinajstić information content (AvgIpc) is 2.47. The van der Waals surface area contributed by atoms with E-state index in [9.17, 15) is 9.90 Å². The van der Waals surface area contributed by atoms with E-state index in [2.05, 4.69) is 0 Å². The summed E-state index contributed by atoms with van der Waals surface area (Å²) >= 11 is 0. The Morgan fingerprint density at radius 3 is 2.57 bits per heavy atom. The van der Waals surface area contributed by atoms with Gasteiger partial charge < -0.3 is 19.3 Å². The molecule has 21 heavy (non-hydrogen) atoms. The van der Waals surface area contributed by atoms with E-state index in [-0.39, 0.29) is 12.7 Å². The molecule has 5 nitrogen and oxygen atoms in total. The highest BCUT2D eigenvalue weighted by Gasteiger charge is 2.22. The van der Waals surface area contributed by atoms with Gasteiger partial charge in [0.25, 0.3) is 0 Å². The Morgan fingerprint density at radius 1 is 1.33 bits per heavy atom. The van der Waals surface area contributed by atoms with Crippen molar-refractivity contribution in [2.24, 2.45) is 0 Å². The molecule has 1 aromatic rings. The third-order valence-corrected chi connectivity index (χ3v) is 2.92. The molecule has 0 bridgehead atoms. The van der Waals surface area contributed by atoms with Crippen molar-refractivity contribution < 1.29 is 24.1 Å². The maximum Gasteiger partial charge on any atom is 0.335 e. The highest BCUT2D eigenvalue weighted by molar-refractivity contribution is 5.75. The molecule has 0 aromatic heterocycles. The third kappa shape index (κ3) is 5.36. The second-order valence-corrected chi connectivity index (χ2v) is 4.93. The van der Waals surface area contributed by atoms with Crippen LogP contribution in [0.15, 0.2) is 18.2 Å². The number of hydrogen-bond donors (Lipinski definition) is 1. The van der Waals surface area contributed by atoms with Gasteiger partial charge in [-0.15, -0.1) is 0 Å². The zero-order chi connectivity index (χ0) is 15.8. The van der Waals surface area contributed by atoms with Crippen LogP contribution in [0.5, 0.6) is 5.75 Å². The normalized spacial score (nSPS) is 12.3. The summed E-state index contributed by atoms with van der Waals surface area (Å²) in [5.74, 6) is 0.256. The zero-order valence-corrected chi connectivity index (χ0v) is 13.1. The molecule has 118 valence electrons. The lowest BCUT2D eigenvalue weighted by Crippen LogP contribution is -2.30. The molecule has 0 radical (unpaired) electrons. The van der Waals surface area contributed by atoms with E-state index in [1.165, 1.54) is 7.11 Å². The summed E-state index contributed by atoms with van der Waals surface area (Å²) < 4.78 is 15.8. The van der Waals surface area contributed by atoms with Gasteiger partial charge in [-0.2, -0.15) is 0 Å². The van der Waals surface area contributed by atoms with Crippen molar-refractivity contribution in [3.8, 4) is 5.75 Å². The first-order valence-electron chi connectivity index (χ1n) is 7.10. The predicted molar refractivity (Wildman–Crippen MR) is 79.3 cm³/mol. The maximum absolute atomic E-state index is 11.8. The molecule has 1 atom stereocenters. The molecule has 0 saturated carbocycles. The van der Waals surface area contributed by atoms with Crippen molar-refractivity contribution in [3.05, 3.63) is 29.3 Å². The van der Waals surface area contributed by atoms with Gasteiger partial charge in [-0.1, -0.05) is 6.07 Å². The first-order chi connectivity index (χ1) is 10.0. The Labute approximate surface area is 125 Å². The molecule has 0 aliphatic heterocycles. The van der Waals surface area contributed by atoms with Crippen LogP contribution < -0.4 is 4.74 Å². The van der Waals surface area contributed by atoms with E-state index in [0.29, 0.717) is 24.3 Å². The SMILES string of the molecule is CCOc1ccc(CC(OC(C)C)C(=O)OC)cc1CO. The van der Waals surface area contributed by atoms with Crippen LogP contribution >= 0.6 is 0 Å². The minimum absolute atomic E-state index is 0.0749. The number of carbonyl (C=O) groups is 1. The molecule has 0 saturated heterocycles. The van der Waals surface area contributed by atoms with E-state index in [1.54, 1.807) is 6.07 Å². The Balaban J connectivity index is 2.90. The summed E-state index contributed by atoms with van der Waals surface area (Å²) in [7, 11) is 1.34. The lowest BCUT2D eigenvalue weighted by Gasteiger charge is -2.19. The second kappa shape index (κ2) is 8.64. The Bertz CT molecular complexity index is 456. The number of carbonyl (C=O) groups excluding carboxylic acids is 1. The molecule has 0 aliphatic carbocycles. The minimum atomic E-state index is -0.653. The fourth-order valence-electron chi connectivity index (χ4n) is 2.04. The van der Waals surface area contributed by atoms with Gasteiger partial charge in [0, 0.05) is 12.0 Å². The number of aliphatic hydroxyl groups excluding tert-OH is 1. The van der Waals surface area contributed by atoms with Crippen LogP contribution in [0, 0.1) is 0 Å². The molecular weight excluding hydrogens is 272 g/mol. The summed E-state index contributed by atoms with van der Waals surface area (Å²) in [5.41, 5.74) is 1.58. The van der Waals surface area contributed by atoms with Crippen LogP contribution in [0.4, 0.5) is 0 Å². The van der Waals surface area contributed by atoms with E-state index in [4.69, 9.17) is 14.2 Å². The average molecular weight is 296 g/mol. The number of aliphatic hydroxyl groups is 1. The van der Waals surface area contributed by atoms with E-state index in [1.807, 2.05) is 32.9 Å². The van der Waals surface area contributed by atoms with Gasteiger partial charge in [0.1, 0.15) is 5.75 Å². The molecule has 5 heteroatoms. The summed E-state index contributed by atoms with van der Waals surface area (Å²) in [5, 5.41) is 9.40. The number of benzene rings is 1. The molecule has 0 fully saturated rings. The van der Waals surface area contributed by atoms with E-state index in [0.717, 1.165) is 5.56 Å². The molecule has 0 amide bonds. The minimum Gasteiger partial charge on any atom is -0.494 e. The van der Waals surface area contributed by atoms with Crippen molar-refractivity contribution in [3.63, 3.8) is 0 Å². The molecule has 1 unspecified atom stereocenters. The van der Waals surface area contributed by atoms with Gasteiger partial charge in [-0.25, -0.2) is 4.79 Å². The predicted octanol–water partition coefficient (Wildman–Crippen LogP) is 2.09. The number of ether oxygens (including phenoxy) is 3. The summed E-state index contributed by atoms with van der Waals surface area (Å²) in [6.07, 6.45) is -0.335. The van der Waals surface area contributed by atoms with Crippen LogP contribution in [-0.4, -0.2) is 37.0 Å². The van der Waals surface area contributed by atoms with Crippen molar-refractivity contribution in [1.29, 1.82) is 0 Å². The van der Waals surface area contributed by atoms with Crippen molar-refractivity contribution >= 4 is 5.97 Å². The molecule has 1 N–H and O–H groups in total. The first-order valence-corrected chi connectivity index (χ1v) is 7.10. The van der Waals surface area contributed by atoms with Gasteiger partial charge in [0.05, 0.1) is 26.4 Å². The molecule has 0 aliphatic rings. The van der Waals surface area contributed by atoms with Crippen LogP contribution in [0.2, 0.25) is 0 Å². The fourth-order valence-corrected chi connectivity index (χ4v) is 2.04. The summed E-state index contributed by atoms with van der Waals surface area (Å²) in [6.45, 7) is 6.05. The van der Waals surface area contributed by atoms with E-state index >= 15 is 0 Å². The van der Waals surface area contributed by atoms with Gasteiger partial charge in [-0.05, 0) is 38.5 Å². The standard InChI is InChI=1S/C16H24O5/c1-5-20-14-7-6-12(8-13(14)10-17)9-15(16(18)19-4)21-11(2)3/h6-8,11,15,17H,5,9-10H2,1-4H3. The molecule has 1 aromatic carbocycles. The molecule has 0 spiro atoms. The van der Waals surface area contributed by atoms with E-state index < -0.39 is 12.1 Å². The molecular formula is C16H24O5. The maximum atomic E-state index is 11.8. The van der Waals surface area contributed by atoms with Gasteiger partial charge in [0.2, 0.25) is 0 Å². The Kier molecular flexibility index (Phi) is 7.19. The number of hydrogen-bond acceptors (Lipinski definition) is 5. The largest absolute Gasteiger partial charge is 0.494 e. The van der Waals surface area contributed by atoms with Crippen LogP contribution in [0.1, 0.15) is 31.9 Å². The Morgan fingerprint density at radius 2 is 2.05 bits per heavy atom. The van der Waals surface area contributed by atoms with Crippen LogP contribution in [-0.2, 0) is 27.3 Å². The zero-order valence-electron chi connectivity index (χ0n) is 13.1. The highest BCUT2D eigenvalue weighted by atomic mass is 16.6. The monoisotopic (exact) mass is 296 g/mol. The van der Waals surface area contributed by atoms with Crippen molar-refractivity contribution in [1.82, 2.24) is 0 Å². The second-order valence-electron chi connectivity index (χ2n) is 4.93. The fraction of sp³-hybridized carbons (Fsp3) is 0.562. The number of methoxy groups -OCH3 is 1. The molecule has 1 rings (SSSR count). The van der Waals surface area contributed by atoms with Crippen LogP contribution in [0.3, 0.4) is 0 Å². The number of rotatable bonds is 8. The summed E-state index contributed by atoms with van der Waals surface area (Å²) in [4.78, 5) is 11.8. The smallest absolute Gasteiger partial charge is 0.335 e. The quantitative estimate of drug-likeness (QED) is 0.744. The lowest BCUT2D eigenvalue weighted by atomic mass is 10.0. The number of esters is 1. The van der Waals surface area contributed by atoms with Crippen molar-refractivity contribution in [2.45, 2.75) is 46.0 Å². The topological polar surface area (TPSA) is 65.0 Å². The highest BCUT2D eigenvalue weighted by Crippen LogP contribution is 2.22. The lowest BCUT2D eigenvalue weighted by molar-refractivity contribution is -0.156. The van der Waals surface area contributed by atoms with Gasteiger partial charge in [0.15, 0.2) is 6.10 Å². The van der Waals surface area contributed by atoms with Gasteiger partial charge in [-0.3, -0.25) is 0 Å². The van der Waals surface area contributed by atoms with Gasteiger partial charge >= 0.3 is 5.97 Å². The Hall–Kier alpha value is -1.59. The van der Waals surface area contributed by atoms with Crippen molar-refractivity contribution in [2.75, 3.05) is 13.7 Å².